The van der Waals surface area contributed by atoms with Crippen molar-refractivity contribution in [2.45, 2.75) is 26.9 Å². The number of hydrogen-bond donors (Lipinski definition) is 2. The lowest BCUT2D eigenvalue weighted by molar-refractivity contribution is 0.0947. The molecule has 1 aromatic carbocycles. The van der Waals surface area contributed by atoms with Crippen LogP contribution in [0.4, 0.5) is 0 Å². The molecule has 0 saturated heterocycles. The monoisotopic (exact) mass is 317 g/mol. The molecule has 0 aliphatic rings. The lowest BCUT2D eigenvalue weighted by atomic mass is 10.1. The number of carbonyl (C=O) groups excluding carboxylic acids is 1. The van der Waals surface area contributed by atoms with Crippen LogP contribution in [0.15, 0.2) is 30.3 Å². The molecule has 0 bridgehead atoms. The summed E-state index contributed by atoms with van der Waals surface area (Å²) < 4.78 is 10.9. The Balaban J connectivity index is 1.88. The lowest BCUT2D eigenvalue weighted by Crippen LogP contribution is -2.25. The van der Waals surface area contributed by atoms with Crippen molar-refractivity contribution in [2.24, 2.45) is 5.92 Å². The van der Waals surface area contributed by atoms with E-state index in [-0.39, 0.29) is 12.5 Å². The molecule has 2 aromatic rings. The number of H-pyrrole nitrogens is 1. The second-order valence-corrected chi connectivity index (χ2v) is 5.66. The van der Waals surface area contributed by atoms with Crippen LogP contribution in [0.1, 0.15) is 36.5 Å². The average molecular weight is 317 g/mol. The molecule has 2 N–H and O–H groups in total. The first-order chi connectivity index (χ1) is 11.1. The van der Waals surface area contributed by atoms with Gasteiger partial charge in [-0.15, -0.1) is 0 Å². The standard InChI is InChI=1S/C17H23N3O3/c1-12(2)8-9-18-17(21)14-10-13(19-20-14)11-23-16-7-5-4-6-15(16)22-3/h4-7,10,12H,8-9,11H2,1-3H3,(H,18,21)(H,19,20). The van der Waals surface area contributed by atoms with Crippen LogP contribution in [-0.4, -0.2) is 29.8 Å². The molecule has 23 heavy (non-hydrogen) atoms. The Kier molecular flexibility index (Phi) is 6.02. The zero-order valence-corrected chi connectivity index (χ0v) is 13.8. The van der Waals surface area contributed by atoms with Gasteiger partial charge >= 0.3 is 0 Å². The highest BCUT2D eigenvalue weighted by molar-refractivity contribution is 5.92. The topological polar surface area (TPSA) is 76.2 Å². The van der Waals surface area contributed by atoms with E-state index >= 15 is 0 Å². The van der Waals surface area contributed by atoms with Crippen LogP contribution in [0, 0.1) is 5.92 Å². The number of methoxy groups -OCH3 is 1. The van der Waals surface area contributed by atoms with E-state index in [1.54, 1.807) is 13.2 Å². The largest absolute Gasteiger partial charge is 0.493 e. The van der Waals surface area contributed by atoms with Gasteiger partial charge in [-0.2, -0.15) is 5.10 Å². The molecule has 0 aliphatic carbocycles. The second-order valence-electron chi connectivity index (χ2n) is 5.66. The Morgan fingerprint density at radius 3 is 2.74 bits per heavy atom. The van der Waals surface area contributed by atoms with Gasteiger partial charge in [0.05, 0.1) is 12.8 Å². The highest BCUT2D eigenvalue weighted by Crippen LogP contribution is 2.26. The molecular formula is C17H23N3O3. The maximum absolute atomic E-state index is 12.0. The van der Waals surface area contributed by atoms with E-state index in [2.05, 4.69) is 29.4 Å². The van der Waals surface area contributed by atoms with Crippen LogP contribution >= 0.6 is 0 Å². The molecule has 0 atom stereocenters. The SMILES string of the molecule is COc1ccccc1OCc1cc(C(=O)NCCC(C)C)n[nH]1. The molecule has 6 heteroatoms. The predicted octanol–water partition coefficient (Wildman–Crippen LogP) is 2.77. The van der Waals surface area contributed by atoms with Gasteiger partial charge < -0.3 is 14.8 Å². The minimum atomic E-state index is -0.176. The van der Waals surface area contributed by atoms with Gasteiger partial charge in [0, 0.05) is 6.54 Å². The Hall–Kier alpha value is -2.50. The highest BCUT2D eigenvalue weighted by atomic mass is 16.5. The number of nitrogens with zero attached hydrogens (tertiary/aromatic N) is 1. The van der Waals surface area contributed by atoms with E-state index in [9.17, 15) is 4.79 Å². The third-order valence-corrected chi connectivity index (χ3v) is 3.32. The van der Waals surface area contributed by atoms with Crippen molar-refractivity contribution >= 4 is 5.91 Å². The summed E-state index contributed by atoms with van der Waals surface area (Å²) in [5.41, 5.74) is 1.09. The summed E-state index contributed by atoms with van der Waals surface area (Å²) in [7, 11) is 1.60. The number of nitrogens with one attached hydrogen (secondary N) is 2. The predicted molar refractivity (Wildman–Crippen MR) is 87.7 cm³/mol. The summed E-state index contributed by atoms with van der Waals surface area (Å²) in [4.78, 5) is 12.0. The van der Waals surface area contributed by atoms with Crippen molar-refractivity contribution in [3.05, 3.63) is 41.7 Å². The van der Waals surface area contributed by atoms with E-state index < -0.39 is 0 Å². The summed E-state index contributed by atoms with van der Waals surface area (Å²) in [6, 6.07) is 9.10. The van der Waals surface area contributed by atoms with Gasteiger partial charge in [-0.1, -0.05) is 26.0 Å². The molecule has 0 spiro atoms. The number of benzene rings is 1. The van der Waals surface area contributed by atoms with Crippen molar-refractivity contribution in [3.63, 3.8) is 0 Å². The molecule has 1 aromatic heterocycles. The maximum atomic E-state index is 12.0. The molecule has 1 heterocycles. The Morgan fingerprint density at radius 1 is 1.30 bits per heavy atom. The molecule has 2 rings (SSSR count). The molecule has 0 saturated carbocycles. The molecule has 0 fully saturated rings. The van der Waals surface area contributed by atoms with Crippen molar-refractivity contribution < 1.29 is 14.3 Å². The normalized spacial score (nSPS) is 10.6. The van der Waals surface area contributed by atoms with E-state index in [1.165, 1.54) is 0 Å². The fraction of sp³-hybridized carbons (Fsp3) is 0.412. The third kappa shape index (κ3) is 5.02. The zero-order chi connectivity index (χ0) is 16.7. The van der Waals surface area contributed by atoms with Crippen LogP contribution in [0.5, 0.6) is 11.5 Å². The first-order valence-corrected chi connectivity index (χ1v) is 7.68. The molecule has 6 nitrogen and oxygen atoms in total. The van der Waals surface area contributed by atoms with Crippen LogP contribution in [0.25, 0.3) is 0 Å². The summed E-state index contributed by atoms with van der Waals surface area (Å²) in [6.45, 7) is 5.17. The van der Waals surface area contributed by atoms with E-state index in [0.29, 0.717) is 29.7 Å². The smallest absolute Gasteiger partial charge is 0.271 e. The summed E-state index contributed by atoms with van der Waals surface area (Å²) in [5, 5.41) is 9.69. The fourth-order valence-electron chi connectivity index (χ4n) is 2.01. The van der Waals surface area contributed by atoms with Gasteiger partial charge in [0.1, 0.15) is 12.3 Å². The Labute approximate surface area is 136 Å². The summed E-state index contributed by atoms with van der Waals surface area (Å²) in [6.07, 6.45) is 0.944. The fourth-order valence-corrected chi connectivity index (χ4v) is 2.01. The molecule has 0 aliphatic heterocycles. The molecular weight excluding hydrogens is 294 g/mol. The zero-order valence-electron chi connectivity index (χ0n) is 13.8. The lowest BCUT2D eigenvalue weighted by Gasteiger charge is -2.08. The van der Waals surface area contributed by atoms with Crippen molar-refractivity contribution in [2.75, 3.05) is 13.7 Å². The van der Waals surface area contributed by atoms with E-state index in [1.807, 2.05) is 24.3 Å². The number of rotatable bonds is 8. The quantitative estimate of drug-likeness (QED) is 0.785. The summed E-state index contributed by atoms with van der Waals surface area (Å²) in [5.74, 6) is 1.69. The molecule has 0 unspecified atom stereocenters. The molecule has 0 radical (unpaired) electrons. The van der Waals surface area contributed by atoms with Crippen molar-refractivity contribution in [1.82, 2.24) is 15.5 Å². The average Bonchev–Trinajstić information content (AvgIpc) is 3.01. The second kappa shape index (κ2) is 8.22. The Morgan fingerprint density at radius 2 is 2.04 bits per heavy atom. The molecule has 124 valence electrons. The van der Waals surface area contributed by atoms with Crippen molar-refractivity contribution in [3.8, 4) is 11.5 Å². The van der Waals surface area contributed by atoms with Crippen LogP contribution in [0.2, 0.25) is 0 Å². The van der Waals surface area contributed by atoms with Gasteiger partial charge in [-0.3, -0.25) is 9.89 Å². The number of para-hydroxylation sites is 2. The maximum Gasteiger partial charge on any atom is 0.271 e. The first kappa shape index (κ1) is 16.9. The van der Waals surface area contributed by atoms with Gasteiger partial charge in [0.2, 0.25) is 0 Å². The van der Waals surface area contributed by atoms with Gasteiger partial charge in [0.15, 0.2) is 11.5 Å². The number of aromatic nitrogens is 2. The number of hydrogen-bond acceptors (Lipinski definition) is 4. The summed E-state index contributed by atoms with van der Waals surface area (Å²) >= 11 is 0. The Bertz CT molecular complexity index is 638. The van der Waals surface area contributed by atoms with Gasteiger partial charge in [-0.05, 0) is 30.5 Å². The third-order valence-electron chi connectivity index (χ3n) is 3.32. The number of ether oxygens (including phenoxy) is 2. The van der Waals surface area contributed by atoms with E-state index in [4.69, 9.17) is 9.47 Å². The minimum Gasteiger partial charge on any atom is -0.493 e. The van der Waals surface area contributed by atoms with Crippen LogP contribution < -0.4 is 14.8 Å². The molecule has 1 amide bonds. The van der Waals surface area contributed by atoms with Crippen LogP contribution in [0.3, 0.4) is 0 Å². The van der Waals surface area contributed by atoms with E-state index in [0.717, 1.165) is 12.1 Å². The highest BCUT2D eigenvalue weighted by Gasteiger charge is 2.11. The number of amides is 1. The van der Waals surface area contributed by atoms with Crippen molar-refractivity contribution in [1.29, 1.82) is 0 Å². The van der Waals surface area contributed by atoms with Crippen LogP contribution in [-0.2, 0) is 6.61 Å². The minimum absolute atomic E-state index is 0.176. The van der Waals surface area contributed by atoms with Gasteiger partial charge in [0.25, 0.3) is 5.91 Å². The number of aromatic amines is 1. The van der Waals surface area contributed by atoms with Gasteiger partial charge in [-0.25, -0.2) is 0 Å². The first-order valence-electron chi connectivity index (χ1n) is 7.68. The number of carbonyl (C=O) groups is 1.